The van der Waals surface area contributed by atoms with E-state index >= 15 is 0 Å². The van der Waals surface area contributed by atoms with Crippen molar-refractivity contribution in [2.24, 2.45) is 0 Å². The lowest BCUT2D eigenvalue weighted by Crippen LogP contribution is -2.59. The van der Waals surface area contributed by atoms with Gasteiger partial charge in [0.05, 0.1) is 24.9 Å². The Hall–Kier alpha value is -0.890. The number of hydrogen-bond acceptors (Lipinski definition) is 11. The van der Waals surface area contributed by atoms with Gasteiger partial charge in [-0.3, -0.25) is 4.79 Å². The molecule has 2 rings (SSSR count). The highest BCUT2D eigenvalue weighted by Crippen LogP contribution is 2.24. The Morgan fingerprint density at radius 2 is 1.58 bits per heavy atom. The van der Waals surface area contributed by atoms with Crippen LogP contribution in [0.4, 0.5) is 0 Å². The Morgan fingerprint density at radius 1 is 0.909 bits per heavy atom. The zero-order chi connectivity index (χ0) is 24.5. The van der Waals surface area contributed by atoms with Gasteiger partial charge >= 0.3 is 5.97 Å². The topological polar surface area (TPSA) is 175 Å². The fraction of sp³-hybridized carbons (Fsp3) is 0.955. The van der Waals surface area contributed by atoms with Gasteiger partial charge in [-0.15, -0.1) is 0 Å². The van der Waals surface area contributed by atoms with E-state index < -0.39 is 61.8 Å². The van der Waals surface area contributed by atoms with E-state index in [4.69, 9.17) is 24.1 Å². The van der Waals surface area contributed by atoms with Crippen LogP contribution in [0, 0.1) is 0 Å². The van der Waals surface area contributed by atoms with Crippen LogP contribution in [0.2, 0.25) is 0 Å². The standard InChI is InChI=1S/C22H40O11/c1-12(30-21-15(25)10-14(24)13(2)31-21)8-6-4-3-5-7-9-17(26)33-22-20(29)19(28)18(27)16(11-23)32-22/h12-16,18-25,27-29H,3-11H2,1-2H3/t12-,13+,14-,15-,16-,18-,19+,20-,21-,22+/m1/s1. The second kappa shape index (κ2) is 13.9. The van der Waals surface area contributed by atoms with Gasteiger partial charge in [-0.2, -0.15) is 0 Å². The third-order valence-corrected chi connectivity index (χ3v) is 6.14. The molecular weight excluding hydrogens is 440 g/mol. The molecule has 0 aromatic rings. The van der Waals surface area contributed by atoms with Gasteiger partial charge in [-0.1, -0.05) is 25.7 Å². The number of aliphatic hydroxyl groups excluding tert-OH is 6. The van der Waals surface area contributed by atoms with Crippen molar-refractivity contribution in [3.05, 3.63) is 0 Å². The first-order valence-electron chi connectivity index (χ1n) is 11.8. The Labute approximate surface area is 194 Å². The van der Waals surface area contributed by atoms with Crippen LogP contribution in [0.5, 0.6) is 0 Å². The molecule has 0 bridgehead atoms. The number of rotatable bonds is 12. The van der Waals surface area contributed by atoms with Crippen LogP contribution in [0.25, 0.3) is 0 Å². The minimum atomic E-state index is -1.59. The van der Waals surface area contributed by atoms with Gasteiger partial charge in [-0.25, -0.2) is 0 Å². The minimum Gasteiger partial charge on any atom is -0.433 e. The van der Waals surface area contributed by atoms with Crippen molar-refractivity contribution < 1.29 is 54.4 Å². The molecule has 0 radical (unpaired) electrons. The van der Waals surface area contributed by atoms with Crippen molar-refractivity contribution >= 4 is 5.97 Å². The smallest absolute Gasteiger partial charge is 0.308 e. The van der Waals surface area contributed by atoms with Gasteiger partial charge in [0, 0.05) is 12.8 Å². The maximum atomic E-state index is 12.0. The zero-order valence-electron chi connectivity index (χ0n) is 19.4. The average molecular weight is 481 g/mol. The average Bonchev–Trinajstić information content (AvgIpc) is 2.77. The summed E-state index contributed by atoms with van der Waals surface area (Å²) in [4.78, 5) is 12.0. The minimum absolute atomic E-state index is 0.0967. The van der Waals surface area contributed by atoms with Gasteiger partial charge in [0.2, 0.25) is 6.29 Å². The predicted molar refractivity (Wildman–Crippen MR) is 114 cm³/mol. The summed E-state index contributed by atoms with van der Waals surface area (Å²) in [7, 11) is 0. The molecule has 2 heterocycles. The van der Waals surface area contributed by atoms with Crippen molar-refractivity contribution in [1.82, 2.24) is 0 Å². The van der Waals surface area contributed by atoms with E-state index in [1.807, 2.05) is 6.92 Å². The lowest BCUT2D eigenvalue weighted by molar-refractivity contribution is -0.292. The fourth-order valence-electron chi connectivity index (χ4n) is 3.95. The van der Waals surface area contributed by atoms with E-state index in [1.165, 1.54) is 0 Å². The first-order valence-corrected chi connectivity index (χ1v) is 11.8. The highest BCUT2D eigenvalue weighted by atomic mass is 16.7. The molecule has 2 aliphatic heterocycles. The summed E-state index contributed by atoms with van der Waals surface area (Å²) in [6, 6.07) is 0. The van der Waals surface area contributed by atoms with E-state index in [0.717, 1.165) is 32.1 Å². The Kier molecular flexibility index (Phi) is 11.9. The maximum Gasteiger partial charge on any atom is 0.308 e. The molecule has 33 heavy (non-hydrogen) atoms. The molecule has 2 saturated heterocycles. The number of carbonyl (C=O) groups excluding carboxylic acids is 1. The van der Waals surface area contributed by atoms with Gasteiger partial charge in [-0.05, 0) is 26.7 Å². The molecule has 194 valence electrons. The monoisotopic (exact) mass is 480 g/mol. The Balaban J connectivity index is 1.53. The van der Waals surface area contributed by atoms with Crippen molar-refractivity contribution in [2.75, 3.05) is 6.61 Å². The molecule has 2 fully saturated rings. The number of carbonyl (C=O) groups is 1. The van der Waals surface area contributed by atoms with E-state index in [9.17, 15) is 30.3 Å². The summed E-state index contributed by atoms with van der Waals surface area (Å²) < 4.78 is 21.5. The van der Waals surface area contributed by atoms with Crippen molar-refractivity contribution in [3.8, 4) is 0 Å². The van der Waals surface area contributed by atoms with Gasteiger partial charge in [0.25, 0.3) is 0 Å². The second-order valence-corrected chi connectivity index (χ2v) is 9.02. The molecule has 10 atom stereocenters. The fourth-order valence-corrected chi connectivity index (χ4v) is 3.95. The Morgan fingerprint density at radius 3 is 2.27 bits per heavy atom. The summed E-state index contributed by atoms with van der Waals surface area (Å²) >= 11 is 0. The first kappa shape index (κ1) is 28.3. The molecule has 0 aliphatic carbocycles. The molecule has 11 heteroatoms. The third kappa shape index (κ3) is 8.68. The van der Waals surface area contributed by atoms with E-state index in [-0.39, 0.29) is 25.0 Å². The molecule has 0 unspecified atom stereocenters. The van der Waals surface area contributed by atoms with Crippen LogP contribution in [-0.2, 0) is 23.7 Å². The van der Waals surface area contributed by atoms with Crippen LogP contribution in [0.3, 0.4) is 0 Å². The van der Waals surface area contributed by atoms with Crippen molar-refractivity contribution in [2.45, 2.75) is 127 Å². The Bertz CT molecular complexity index is 575. The van der Waals surface area contributed by atoms with Crippen LogP contribution < -0.4 is 0 Å². The SMILES string of the molecule is C[C@H](CCCCCCCC(=O)O[C@@H]1O[C@H](CO)[C@@H](O)[C@H](O)[C@H]1O)O[C@@H]1O[C@@H](C)[C@H](O)C[C@H]1O. The lowest BCUT2D eigenvalue weighted by atomic mass is 9.99. The molecule has 6 N–H and O–H groups in total. The molecular formula is C22H40O11. The molecule has 0 spiro atoms. The quantitative estimate of drug-likeness (QED) is 0.154. The van der Waals surface area contributed by atoms with Crippen molar-refractivity contribution in [1.29, 1.82) is 0 Å². The second-order valence-electron chi connectivity index (χ2n) is 9.02. The number of aliphatic hydroxyl groups is 6. The normalized spacial score (nSPS) is 38.1. The van der Waals surface area contributed by atoms with Crippen LogP contribution in [0.15, 0.2) is 0 Å². The van der Waals surface area contributed by atoms with Gasteiger partial charge < -0.3 is 49.6 Å². The van der Waals surface area contributed by atoms with Crippen LogP contribution in [-0.4, -0.2) is 105 Å². The third-order valence-electron chi connectivity index (χ3n) is 6.14. The van der Waals surface area contributed by atoms with Gasteiger partial charge in [0.1, 0.15) is 30.5 Å². The summed E-state index contributed by atoms with van der Waals surface area (Å²) in [6.45, 7) is 3.08. The predicted octanol–water partition coefficient (Wildman–Crippen LogP) is -0.678. The van der Waals surface area contributed by atoms with E-state index in [0.29, 0.717) is 6.42 Å². The molecule has 0 aromatic heterocycles. The summed E-state index contributed by atoms with van der Waals surface area (Å²) in [5, 5.41) is 58.2. The summed E-state index contributed by atoms with van der Waals surface area (Å²) in [5.74, 6) is -0.591. The number of hydrogen-bond donors (Lipinski definition) is 6. The van der Waals surface area contributed by atoms with E-state index in [2.05, 4.69) is 0 Å². The highest BCUT2D eigenvalue weighted by Gasteiger charge is 2.45. The molecule has 11 nitrogen and oxygen atoms in total. The first-order chi connectivity index (χ1) is 15.6. The number of ether oxygens (including phenoxy) is 4. The molecule has 0 amide bonds. The molecule has 0 aromatic carbocycles. The van der Waals surface area contributed by atoms with Crippen molar-refractivity contribution in [3.63, 3.8) is 0 Å². The number of esters is 1. The summed E-state index contributed by atoms with van der Waals surface area (Å²) in [6.07, 6.45) is -4.65. The largest absolute Gasteiger partial charge is 0.433 e. The summed E-state index contributed by atoms with van der Waals surface area (Å²) in [5.41, 5.74) is 0. The number of unbranched alkanes of at least 4 members (excludes halogenated alkanes) is 4. The van der Waals surface area contributed by atoms with Gasteiger partial charge in [0.15, 0.2) is 6.29 Å². The highest BCUT2D eigenvalue weighted by molar-refractivity contribution is 5.69. The lowest BCUT2D eigenvalue weighted by Gasteiger charge is -2.39. The molecule has 2 aliphatic rings. The zero-order valence-corrected chi connectivity index (χ0v) is 19.4. The van der Waals surface area contributed by atoms with E-state index in [1.54, 1.807) is 6.92 Å². The van der Waals surface area contributed by atoms with Crippen LogP contribution in [0.1, 0.15) is 65.2 Å². The van der Waals surface area contributed by atoms with Crippen LogP contribution >= 0.6 is 0 Å². The maximum absolute atomic E-state index is 12.0. The molecule has 0 saturated carbocycles.